The van der Waals surface area contributed by atoms with Gasteiger partial charge in [0.1, 0.15) is 11.8 Å². The van der Waals surface area contributed by atoms with Gasteiger partial charge in [0.2, 0.25) is 6.79 Å². The molecule has 0 aliphatic heterocycles. The number of hydrogen-bond acceptors (Lipinski definition) is 9. The summed E-state index contributed by atoms with van der Waals surface area (Å²) in [6, 6.07) is 4.91. The van der Waals surface area contributed by atoms with Crippen molar-refractivity contribution in [2.45, 2.75) is 39.7 Å². The van der Waals surface area contributed by atoms with Crippen molar-refractivity contribution in [1.29, 1.82) is 0 Å². The van der Waals surface area contributed by atoms with Crippen molar-refractivity contribution in [3.05, 3.63) is 65.1 Å². The van der Waals surface area contributed by atoms with Crippen LogP contribution in [-0.2, 0) is 19.1 Å². The number of carboxylic acid groups (broad SMARTS) is 1. The minimum Gasteiger partial charge on any atom is -0.478 e. The number of aliphatic carboxylic acids is 1. The highest BCUT2D eigenvalue weighted by molar-refractivity contribution is 6.05. The fourth-order valence-corrected chi connectivity index (χ4v) is 3.97. The highest BCUT2D eigenvalue weighted by Crippen LogP contribution is 2.34. The molecular weight excluding hydrogens is 536 g/mol. The molecule has 3 N–H and O–H groups in total. The van der Waals surface area contributed by atoms with Gasteiger partial charge >= 0.3 is 18.0 Å². The largest absolute Gasteiger partial charge is 0.478 e. The van der Waals surface area contributed by atoms with E-state index in [2.05, 4.69) is 20.7 Å². The van der Waals surface area contributed by atoms with E-state index in [0.717, 1.165) is 17.7 Å². The molecular formula is C27H28N6O8. The van der Waals surface area contributed by atoms with E-state index in [9.17, 15) is 24.0 Å². The summed E-state index contributed by atoms with van der Waals surface area (Å²) in [6.45, 7) is 4.74. The molecule has 2 heterocycles. The second kappa shape index (κ2) is 12.3. The van der Waals surface area contributed by atoms with E-state index in [1.54, 1.807) is 32.9 Å². The topological polar surface area (TPSA) is 182 Å². The third-order valence-corrected chi connectivity index (χ3v) is 6.15. The van der Waals surface area contributed by atoms with Crippen LogP contribution in [0.3, 0.4) is 0 Å². The molecule has 1 fully saturated rings. The Hall–Kier alpha value is -5.27. The Bertz CT molecular complexity index is 1560. The molecule has 1 aromatic carbocycles. The number of nitrogens with zero attached hydrogens (tertiary/aromatic N) is 4. The molecule has 3 aromatic rings. The fourth-order valence-electron chi connectivity index (χ4n) is 3.97. The van der Waals surface area contributed by atoms with E-state index in [1.165, 1.54) is 23.1 Å². The summed E-state index contributed by atoms with van der Waals surface area (Å²) in [6.07, 6.45) is 4.71. The second-order valence-corrected chi connectivity index (χ2v) is 9.15. The van der Waals surface area contributed by atoms with Crippen LogP contribution in [0.15, 0.2) is 42.9 Å². The van der Waals surface area contributed by atoms with Crippen molar-refractivity contribution in [1.82, 2.24) is 25.2 Å². The number of ether oxygens (including phenoxy) is 2. The first-order valence-corrected chi connectivity index (χ1v) is 12.7. The van der Waals surface area contributed by atoms with Crippen LogP contribution in [-0.4, -0.2) is 68.9 Å². The number of amides is 3. The number of fused-ring (bicyclic) bond motifs is 1. The molecule has 0 bridgehead atoms. The Morgan fingerprint density at radius 1 is 1.12 bits per heavy atom. The Morgan fingerprint density at radius 3 is 2.56 bits per heavy atom. The number of anilines is 2. The molecule has 1 saturated carbocycles. The minimum atomic E-state index is -1.35. The smallest absolute Gasteiger partial charge is 0.423 e. The molecule has 214 valence electrons. The third-order valence-electron chi connectivity index (χ3n) is 6.15. The molecule has 0 spiro atoms. The van der Waals surface area contributed by atoms with E-state index in [1.807, 2.05) is 0 Å². The van der Waals surface area contributed by atoms with Gasteiger partial charge in [0, 0.05) is 36.5 Å². The maximum atomic E-state index is 13.6. The van der Waals surface area contributed by atoms with Gasteiger partial charge < -0.3 is 25.2 Å². The SMILES string of the molecule is CCNC(=O)c1cn2ncnc(N(C(=O)OCOC(=O)/C=C/C(=O)O)c3cc(C(=O)NC4CC4)ccc3C)c2c1C. The zero-order chi connectivity index (χ0) is 29.7. The first-order valence-electron chi connectivity index (χ1n) is 12.7. The molecule has 0 radical (unpaired) electrons. The molecule has 3 amide bonds. The Morgan fingerprint density at radius 2 is 1.88 bits per heavy atom. The van der Waals surface area contributed by atoms with Gasteiger partial charge in [0.25, 0.3) is 11.8 Å². The van der Waals surface area contributed by atoms with Crippen LogP contribution in [0.4, 0.5) is 16.3 Å². The number of benzene rings is 1. The number of carboxylic acids is 1. The zero-order valence-electron chi connectivity index (χ0n) is 22.5. The summed E-state index contributed by atoms with van der Waals surface area (Å²) in [5.41, 5.74) is 2.23. The molecule has 14 nitrogen and oxygen atoms in total. The van der Waals surface area contributed by atoms with Gasteiger partial charge in [-0.15, -0.1) is 0 Å². The third kappa shape index (κ3) is 6.66. The maximum Gasteiger partial charge on any atom is 0.423 e. The summed E-state index contributed by atoms with van der Waals surface area (Å²) in [4.78, 5) is 66.9. The average molecular weight is 565 g/mol. The molecule has 1 aliphatic rings. The van der Waals surface area contributed by atoms with Gasteiger partial charge in [0.15, 0.2) is 5.82 Å². The fraction of sp³-hybridized carbons (Fsp3) is 0.296. The second-order valence-electron chi connectivity index (χ2n) is 9.15. The number of rotatable bonds is 10. The lowest BCUT2D eigenvalue weighted by atomic mass is 10.1. The van der Waals surface area contributed by atoms with E-state index >= 15 is 0 Å². The molecule has 0 atom stereocenters. The molecule has 1 aliphatic carbocycles. The van der Waals surface area contributed by atoms with Gasteiger partial charge in [0.05, 0.1) is 11.3 Å². The molecule has 0 unspecified atom stereocenters. The van der Waals surface area contributed by atoms with Gasteiger partial charge in [-0.1, -0.05) is 6.07 Å². The normalized spacial score (nSPS) is 12.7. The predicted molar refractivity (Wildman–Crippen MR) is 144 cm³/mol. The van der Waals surface area contributed by atoms with Gasteiger partial charge in [-0.3, -0.25) is 9.59 Å². The molecule has 4 rings (SSSR count). The van der Waals surface area contributed by atoms with E-state index in [-0.39, 0.29) is 29.4 Å². The number of esters is 1. The quantitative estimate of drug-likeness (QED) is 0.188. The summed E-state index contributed by atoms with van der Waals surface area (Å²) in [5, 5.41) is 18.5. The van der Waals surface area contributed by atoms with Crippen molar-refractivity contribution in [2.24, 2.45) is 0 Å². The van der Waals surface area contributed by atoms with Crippen LogP contribution in [0.2, 0.25) is 0 Å². The highest BCUT2D eigenvalue weighted by Gasteiger charge is 2.30. The lowest BCUT2D eigenvalue weighted by Crippen LogP contribution is -2.31. The predicted octanol–water partition coefficient (Wildman–Crippen LogP) is 2.40. The van der Waals surface area contributed by atoms with Gasteiger partial charge in [-0.05, 0) is 56.9 Å². The lowest BCUT2D eigenvalue weighted by Gasteiger charge is -2.24. The highest BCUT2D eigenvalue weighted by atomic mass is 16.7. The molecule has 41 heavy (non-hydrogen) atoms. The molecule has 14 heteroatoms. The van der Waals surface area contributed by atoms with Crippen molar-refractivity contribution in [3.63, 3.8) is 0 Å². The Labute approximate surface area is 233 Å². The van der Waals surface area contributed by atoms with Crippen LogP contribution in [0.1, 0.15) is 51.6 Å². The molecule has 0 saturated heterocycles. The first kappa shape index (κ1) is 28.7. The van der Waals surface area contributed by atoms with Crippen molar-refractivity contribution in [3.8, 4) is 0 Å². The summed E-state index contributed by atoms with van der Waals surface area (Å²) >= 11 is 0. The Kier molecular flexibility index (Phi) is 8.60. The number of aromatic nitrogens is 3. The number of nitrogens with one attached hydrogen (secondary N) is 2. The number of carbonyl (C=O) groups excluding carboxylic acids is 4. The average Bonchev–Trinajstić information content (AvgIpc) is 3.68. The number of aryl methyl sites for hydroxylation is 2. The maximum absolute atomic E-state index is 13.6. The van der Waals surface area contributed by atoms with Crippen molar-refractivity contribution >= 4 is 46.9 Å². The standard InChI is InChI=1S/C27H28N6O8/c1-4-28-26(38)19-12-32-23(16(19)3)24(29-13-30-32)33(27(39)41-14-40-22(36)10-9-21(34)35)20-11-17(6-5-15(20)2)25(37)31-18-7-8-18/h5-6,9-13,18H,4,7-8,14H2,1-3H3,(H,28,38)(H,31,37)(H,34,35)/b10-9+. The molecule has 2 aromatic heterocycles. The van der Waals surface area contributed by atoms with E-state index in [0.29, 0.717) is 46.5 Å². The van der Waals surface area contributed by atoms with Crippen LogP contribution < -0.4 is 15.5 Å². The van der Waals surface area contributed by atoms with Crippen LogP contribution >= 0.6 is 0 Å². The van der Waals surface area contributed by atoms with Crippen LogP contribution in [0.5, 0.6) is 0 Å². The summed E-state index contributed by atoms with van der Waals surface area (Å²) in [7, 11) is 0. The van der Waals surface area contributed by atoms with Gasteiger partial charge in [-0.2, -0.15) is 5.10 Å². The summed E-state index contributed by atoms with van der Waals surface area (Å²) < 4.78 is 11.4. The van der Waals surface area contributed by atoms with Crippen molar-refractivity contribution in [2.75, 3.05) is 18.2 Å². The van der Waals surface area contributed by atoms with Gasteiger partial charge in [-0.25, -0.2) is 28.8 Å². The number of hydrogen-bond donors (Lipinski definition) is 3. The Balaban J connectivity index is 1.76. The summed E-state index contributed by atoms with van der Waals surface area (Å²) in [5.74, 6) is -3.01. The van der Waals surface area contributed by atoms with E-state index < -0.39 is 24.8 Å². The zero-order valence-corrected chi connectivity index (χ0v) is 22.5. The minimum absolute atomic E-state index is 0.0398. The lowest BCUT2D eigenvalue weighted by molar-refractivity contribution is -0.146. The van der Waals surface area contributed by atoms with Crippen molar-refractivity contribution < 1.29 is 38.6 Å². The van der Waals surface area contributed by atoms with E-state index in [4.69, 9.17) is 14.6 Å². The number of carbonyl (C=O) groups is 5. The van der Waals surface area contributed by atoms with Crippen LogP contribution in [0, 0.1) is 13.8 Å². The monoisotopic (exact) mass is 564 g/mol. The van der Waals surface area contributed by atoms with Crippen LogP contribution in [0.25, 0.3) is 5.52 Å². The first-order chi connectivity index (χ1) is 19.6.